The van der Waals surface area contributed by atoms with E-state index in [9.17, 15) is 18.0 Å². The zero-order valence-corrected chi connectivity index (χ0v) is 13.3. The van der Waals surface area contributed by atoms with Crippen LogP contribution >= 0.6 is 0 Å². The first-order valence-electron chi connectivity index (χ1n) is 8.18. The molecule has 1 saturated carbocycles. The Hall–Kier alpha value is -1.76. The van der Waals surface area contributed by atoms with Crippen LogP contribution in [0.1, 0.15) is 30.7 Å². The molecule has 132 valence electrons. The van der Waals surface area contributed by atoms with Gasteiger partial charge in [-0.05, 0) is 24.8 Å². The lowest BCUT2D eigenvalue weighted by molar-refractivity contribution is -0.150. The number of halogens is 3. The van der Waals surface area contributed by atoms with Crippen molar-refractivity contribution < 1.29 is 22.7 Å². The standard InChI is InChI=1S/C17H21F3N2O2/c18-17(19,20)14(13-5-2-1-3-6-13)11-21-15(23)22-9-10-24-16(12-22)7-4-8-16/h1-3,5-6,14H,4,7-12H2,(H,21,23)/t14-/m1/s1. The molecule has 1 aromatic rings. The third kappa shape index (κ3) is 3.66. The number of ether oxygens (including phenoxy) is 1. The zero-order chi connectivity index (χ0) is 17.2. The number of hydrogen-bond acceptors (Lipinski definition) is 2. The molecule has 4 nitrogen and oxygen atoms in total. The average molecular weight is 342 g/mol. The lowest BCUT2D eigenvalue weighted by Crippen LogP contribution is -2.59. The van der Waals surface area contributed by atoms with E-state index in [0.717, 1.165) is 19.3 Å². The Morgan fingerprint density at radius 2 is 2.00 bits per heavy atom. The van der Waals surface area contributed by atoms with E-state index in [1.807, 2.05) is 0 Å². The molecule has 0 unspecified atom stereocenters. The van der Waals surface area contributed by atoms with Crippen LogP contribution in [-0.2, 0) is 4.74 Å². The van der Waals surface area contributed by atoms with E-state index in [0.29, 0.717) is 19.7 Å². The number of benzene rings is 1. The second-order valence-electron chi connectivity index (χ2n) is 6.50. The van der Waals surface area contributed by atoms with Gasteiger partial charge in [0, 0.05) is 13.1 Å². The molecule has 1 aromatic carbocycles. The number of carbonyl (C=O) groups excluding carboxylic acids is 1. The average Bonchev–Trinajstić information content (AvgIpc) is 2.53. The van der Waals surface area contributed by atoms with Crippen molar-refractivity contribution in [2.75, 3.05) is 26.2 Å². The molecule has 0 radical (unpaired) electrons. The normalized spacial score (nSPS) is 21.2. The molecule has 0 aromatic heterocycles. The van der Waals surface area contributed by atoms with E-state index in [2.05, 4.69) is 5.32 Å². The summed E-state index contributed by atoms with van der Waals surface area (Å²) in [6.45, 7) is 0.849. The quantitative estimate of drug-likeness (QED) is 0.916. The van der Waals surface area contributed by atoms with Gasteiger partial charge in [-0.15, -0.1) is 0 Å². The third-order valence-electron chi connectivity index (χ3n) is 4.85. The monoisotopic (exact) mass is 342 g/mol. The van der Waals surface area contributed by atoms with Crippen molar-refractivity contribution in [2.24, 2.45) is 0 Å². The summed E-state index contributed by atoms with van der Waals surface area (Å²) in [6.07, 6.45) is -1.52. The van der Waals surface area contributed by atoms with Gasteiger partial charge in [0.25, 0.3) is 0 Å². The summed E-state index contributed by atoms with van der Waals surface area (Å²) in [5.74, 6) is -1.71. The molecule has 1 heterocycles. The number of carbonyl (C=O) groups is 1. The van der Waals surface area contributed by atoms with Gasteiger partial charge in [0.15, 0.2) is 0 Å². The number of nitrogens with one attached hydrogen (secondary N) is 1. The van der Waals surface area contributed by atoms with Gasteiger partial charge < -0.3 is 15.0 Å². The van der Waals surface area contributed by atoms with Gasteiger partial charge in [-0.1, -0.05) is 30.3 Å². The van der Waals surface area contributed by atoms with Crippen molar-refractivity contribution in [3.05, 3.63) is 35.9 Å². The number of urea groups is 1. The Kier molecular flexibility index (Phi) is 4.71. The first-order valence-corrected chi connectivity index (χ1v) is 8.18. The minimum atomic E-state index is -4.41. The fraction of sp³-hybridized carbons (Fsp3) is 0.588. The molecule has 2 fully saturated rings. The van der Waals surface area contributed by atoms with Crippen LogP contribution < -0.4 is 5.32 Å². The van der Waals surface area contributed by atoms with Gasteiger partial charge in [0.05, 0.1) is 24.7 Å². The highest BCUT2D eigenvalue weighted by molar-refractivity contribution is 5.74. The maximum atomic E-state index is 13.3. The second-order valence-corrected chi connectivity index (χ2v) is 6.50. The minimum absolute atomic E-state index is 0.155. The minimum Gasteiger partial charge on any atom is -0.371 e. The molecule has 0 bridgehead atoms. The van der Waals surface area contributed by atoms with Crippen molar-refractivity contribution in [1.29, 1.82) is 0 Å². The van der Waals surface area contributed by atoms with E-state index in [1.54, 1.807) is 23.1 Å². The molecule has 7 heteroatoms. The predicted octanol–water partition coefficient (Wildman–Crippen LogP) is 3.30. The molecule has 1 spiro atoms. The lowest BCUT2D eigenvalue weighted by Gasteiger charge is -2.48. The number of morpholine rings is 1. The first kappa shape index (κ1) is 17.1. The number of alkyl halides is 3. The second kappa shape index (κ2) is 6.63. The molecule has 1 saturated heterocycles. The van der Waals surface area contributed by atoms with Crippen LogP contribution in [0.5, 0.6) is 0 Å². The van der Waals surface area contributed by atoms with Crippen molar-refractivity contribution in [2.45, 2.75) is 37.0 Å². The summed E-state index contributed by atoms with van der Waals surface area (Å²) in [7, 11) is 0. The molecule has 1 atom stereocenters. The zero-order valence-electron chi connectivity index (χ0n) is 13.3. The largest absolute Gasteiger partial charge is 0.397 e. The summed E-state index contributed by atoms with van der Waals surface area (Å²) >= 11 is 0. The van der Waals surface area contributed by atoms with Gasteiger partial charge in [0.2, 0.25) is 0 Å². The summed E-state index contributed by atoms with van der Waals surface area (Å²) in [5, 5.41) is 2.45. The third-order valence-corrected chi connectivity index (χ3v) is 4.85. The van der Waals surface area contributed by atoms with Crippen molar-refractivity contribution in [3.8, 4) is 0 Å². The Morgan fingerprint density at radius 1 is 1.29 bits per heavy atom. The lowest BCUT2D eigenvalue weighted by atomic mass is 9.79. The molecule has 2 aliphatic rings. The molecular weight excluding hydrogens is 321 g/mol. The van der Waals surface area contributed by atoms with Crippen LogP contribution in [0, 0.1) is 0 Å². The van der Waals surface area contributed by atoms with Crippen LogP contribution in [0.2, 0.25) is 0 Å². The topological polar surface area (TPSA) is 41.6 Å². The SMILES string of the molecule is O=C(NC[C@H](c1ccccc1)C(F)(F)F)N1CCOC2(CCC2)C1. The Bertz CT molecular complexity index is 573. The van der Waals surface area contributed by atoms with Crippen LogP contribution in [0.3, 0.4) is 0 Å². The van der Waals surface area contributed by atoms with Crippen LogP contribution in [0.25, 0.3) is 0 Å². The van der Waals surface area contributed by atoms with Gasteiger partial charge in [0.1, 0.15) is 0 Å². The van der Waals surface area contributed by atoms with E-state index < -0.39 is 24.7 Å². The Balaban J connectivity index is 1.61. The summed E-state index contributed by atoms with van der Waals surface area (Å²) in [5.41, 5.74) is -0.110. The first-order chi connectivity index (χ1) is 11.4. The molecule has 1 aliphatic heterocycles. The fourth-order valence-corrected chi connectivity index (χ4v) is 3.30. The molecule has 1 N–H and O–H groups in total. The molecule has 2 amide bonds. The van der Waals surface area contributed by atoms with Gasteiger partial charge in [-0.2, -0.15) is 13.2 Å². The highest BCUT2D eigenvalue weighted by atomic mass is 19.4. The smallest absolute Gasteiger partial charge is 0.371 e. The Morgan fingerprint density at radius 3 is 2.58 bits per heavy atom. The number of nitrogens with zero attached hydrogens (tertiary/aromatic N) is 1. The predicted molar refractivity (Wildman–Crippen MR) is 82.7 cm³/mol. The van der Waals surface area contributed by atoms with E-state index in [1.165, 1.54) is 12.1 Å². The van der Waals surface area contributed by atoms with Crippen LogP contribution in [-0.4, -0.2) is 48.9 Å². The molecule has 3 rings (SSSR count). The fourth-order valence-electron chi connectivity index (χ4n) is 3.30. The molecule has 24 heavy (non-hydrogen) atoms. The van der Waals surface area contributed by atoms with E-state index in [4.69, 9.17) is 4.74 Å². The summed E-state index contributed by atoms with van der Waals surface area (Å²) < 4.78 is 45.6. The van der Waals surface area contributed by atoms with E-state index in [-0.39, 0.29) is 11.2 Å². The highest BCUT2D eigenvalue weighted by Crippen LogP contribution is 2.38. The molecular formula is C17H21F3N2O2. The maximum absolute atomic E-state index is 13.3. The maximum Gasteiger partial charge on any atom is 0.397 e. The number of rotatable bonds is 3. The van der Waals surface area contributed by atoms with Crippen LogP contribution in [0.15, 0.2) is 30.3 Å². The summed E-state index contributed by atoms with van der Waals surface area (Å²) in [4.78, 5) is 13.9. The van der Waals surface area contributed by atoms with Gasteiger partial charge in [-0.25, -0.2) is 4.79 Å². The number of amides is 2. The van der Waals surface area contributed by atoms with Crippen LogP contribution in [0.4, 0.5) is 18.0 Å². The van der Waals surface area contributed by atoms with Gasteiger partial charge >= 0.3 is 12.2 Å². The number of hydrogen-bond donors (Lipinski definition) is 1. The van der Waals surface area contributed by atoms with E-state index >= 15 is 0 Å². The van der Waals surface area contributed by atoms with Crippen molar-refractivity contribution in [1.82, 2.24) is 10.2 Å². The molecule has 1 aliphatic carbocycles. The van der Waals surface area contributed by atoms with Crippen molar-refractivity contribution >= 4 is 6.03 Å². The summed E-state index contributed by atoms with van der Waals surface area (Å²) in [6, 6.07) is 7.22. The van der Waals surface area contributed by atoms with Gasteiger partial charge in [-0.3, -0.25) is 0 Å². The Labute approximate surface area is 139 Å². The van der Waals surface area contributed by atoms with Crippen molar-refractivity contribution in [3.63, 3.8) is 0 Å². The highest BCUT2D eigenvalue weighted by Gasteiger charge is 2.44.